The van der Waals surface area contributed by atoms with Crippen LogP contribution in [0.1, 0.15) is 19.8 Å². The van der Waals surface area contributed by atoms with Crippen LogP contribution in [-0.2, 0) is 9.63 Å². The van der Waals surface area contributed by atoms with Gasteiger partial charge in [-0.1, -0.05) is 28.9 Å². The van der Waals surface area contributed by atoms with Crippen LogP contribution in [0.15, 0.2) is 28.7 Å². The molecule has 80 valence electrons. The average molecular weight is 270 g/mol. The van der Waals surface area contributed by atoms with Gasteiger partial charge in [0.1, 0.15) is 0 Å². The van der Waals surface area contributed by atoms with Crippen LogP contribution in [0.3, 0.4) is 0 Å². The molecule has 1 aliphatic heterocycles. The van der Waals surface area contributed by atoms with Crippen molar-refractivity contribution in [3.8, 4) is 0 Å². The molecule has 1 amide bonds. The van der Waals surface area contributed by atoms with E-state index >= 15 is 0 Å². The molecule has 1 unspecified atom stereocenters. The van der Waals surface area contributed by atoms with Gasteiger partial charge in [0.2, 0.25) is 0 Å². The zero-order chi connectivity index (χ0) is 10.8. The van der Waals surface area contributed by atoms with Crippen LogP contribution in [0, 0.1) is 0 Å². The second-order valence-electron chi connectivity index (χ2n) is 3.51. The number of halogens is 1. The second kappa shape index (κ2) is 4.33. The van der Waals surface area contributed by atoms with Gasteiger partial charge in [-0.25, -0.2) is 0 Å². The van der Waals surface area contributed by atoms with Crippen LogP contribution in [0.4, 0.5) is 5.69 Å². The van der Waals surface area contributed by atoms with Crippen molar-refractivity contribution < 1.29 is 9.63 Å². The summed E-state index contributed by atoms with van der Waals surface area (Å²) in [6, 6.07) is 7.54. The van der Waals surface area contributed by atoms with Crippen LogP contribution in [0.25, 0.3) is 0 Å². The van der Waals surface area contributed by atoms with E-state index in [0.29, 0.717) is 6.42 Å². The van der Waals surface area contributed by atoms with Crippen molar-refractivity contribution in [2.75, 3.05) is 5.06 Å². The van der Waals surface area contributed by atoms with Crippen LogP contribution >= 0.6 is 15.9 Å². The molecule has 3 nitrogen and oxygen atoms in total. The first-order chi connectivity index (χ1) is 7.20. The van der Waals surface area contributed by atoms with Gasteiger partial charge >= 0.3 is 0 Å². The van der Waals surface area contributed by atoms with E-state index in [0.717, 1.165) is 16.6 Å². The van der Waals surface area contributed by atoms with Gasteiger partial charge in [-0.05, 0) is 24.6 Å². The standard InChI is InChI=1S/C11H12BrNO2/c1-2-10-7-11(14)13(15-10)9-5-3-4-8(12)6-9/h3-6,10H,2,7H2,1H3. The highest BCUT2D eigenvalue weighted by atomic mass is 79.9. The van der Waals surface area contributed by atoms with Crippen molar-refractivity contribution in [2.24, 2.45) is 0 Å². The topological polar surface area (TPSA) is 29.5 Å². The summed E-state index contributed by atoms with van der Waals surface area (Å²) in [5, 5.41) is 1.39. The molecular weight excluding hydrogens is 258 g/mol. The number of hydroxylamine groups is 1. The lowest BCUT2D eigenvalue weighted by molar-refractivity contribution is -0.119. The van der Waals surface area contributed by atoms with Crippen LogP contribution in [0.5, 0.6) is 0 Å². The highest BCUT2D eigenvalue weighted by molar-refractivity contribution is 9.10. The Bertz CT molecular complexity index is 381. The van der Waals surface area contributed by atoms with Gasteiger partial charge in [-0.2, -0.15) is 5.06 Å². The maximum Gasteiger partial charge on any atom is 0.253 e. The van der Waals surface area contributed by atoms with Crippen LogP contribution < -0.4 is 5.06 Å². The lowest BCUT2D eigenvalue weighted by Crippen LogP contribution is -2.22. The van der Waals surface area contributed by atoms with Crippen molar-refractivity contribution >= 4 is 27.5 Å². The van der Waals surface area contributed by atoms with Crippen molar-refractivity contribution in [2.45, 2.75) is 25.9 Å². The van der Waals surface area contributed by atoms with E-state index in [1.54, 1.807) is 0 Å². The molecule has 15 heavy (non-hydrogen) atoms. The van der Waals surface area contributed by atoms with Crippen molar-refractivity contribution in [1.29, 1.82) is 0 Å². The molecule has 1 aromatic rings. The molecule has 0 bridgehead atoms. The fourth-order valence-corrected chi connectivity index (χ4v) is 1.94. The van der Waals surface area contributed by atoms with Gasteiger partial charge in [0.25, 0.3) is 5.91 Å². The molecule has 4 heteroatoms. The summed E-state index contributed by atoms with van der Waals surface area (Å²) >= 11 is 3.37. The Kier molecular flexibility index (Phi) is 3.07. The summed E-state index contributed by atoms with van der Waals surface area (Å²) in [6.45, 7) is 2.02. The Morgan fingerprint density at radius 3 is 3.00 bits per heavy atom. The molecule has 0 aromatic heterocycles. The van der Waals surface area contributed by atoms with Gasteiger partial charge < -0.3 is 0 Å². The van der Waals surface area contributed by atoms with E-state index in [-0.39, 0.29) is 12.0 Å². The summed E-state index contributed by atoms with van der Waals surface area (Å²) < 4.78 is 0.941. The van der Waals surface area contributed by atoms with E-state index < -0.39 is 0 Å². The molecule has 1 aromatic carbocycles. The minimum atomic E-state index is 0.0245. The number of amides is 1. The van der Waals surface area contributed by atoms with Crippen molar-refractivity contribution in [1.82, 2.24) is 0 Å². The number of nitrogens with zero attached hydrogens (tertiary/aromatic N) is 1. The van der Waals surface area contributed by atoms with E-state index in [1.165, 1.54) is 5.06 Å². The maximum atomic E-state index is 11.6. The number of hydrogen-bond donors (Lipinski definition) is 0. The lowest BCUT2D eigenvalue weighted by atomic mass is 10.2. The number of anilines is 1. The Labute approximate surface area is 97.1 Å². The van der Waals surface area contributed by atoms with E-state index in [2.05, 4.69) is 15.9 Å². The molecule has 0 radical (unpaired) electrons. The molecule has 0 aliphatic carbocycles. The number of carbonyl (C=O) groups excluding carboxylic acids is 1. The highest BCUT2D eigenvalue weighted by Crippen LogP contribution is 2.27. The van der Waals surface area contributed by atoms with Gasteiger partial charge in [0.15, 0.2) is 0 Å². The van der Waals surface area contributed by atoms with Gasteiger partial charge in [0, 0.05) is 4.47 Å². The molecule has 0 N–H and O–H groups in total. The molecule has 0 saturated carbocycles. The average Bonchev–Trinajstić information content (AvgIpc) is 2.60. The maximum absolute atomic E-state index is 11.6. The number of rotatable bonds is 2. The van der Waals surface area contributed by atoms with Crippen molar-refractivity contribution in [3.63, 3.8) is 0 Å². The first kappa shape index (κ1) is 10.6. The van der Waals surface area contributed by atoms with E-state index in [1.807, 2.05) is 31.2 Å². The number of hydrogen-bond acceptors (Lipinski definition) is 2. The van der Waals surface area contributed by atoms with Crippen molar-refractivity contribution in [3.05, 3.63) is 28.7 Å². The third kappa shape index (κ3) is 2.21. The summed E-state index contributed by atoms with van der Waals surface area (Å²) in [5.41, 5.74) is 0.783. The minimum absolute atomic E-state index is 0.0245. The molecular formula is C11H12BrNO2. The van der Waals surface area contributed by atoms with E-state index in [9.17, 15) is 4.79 Å². The molecule has 1 atom stereocenters. The third-order valence-corrected chi connectivity index (χ3v) is 2.87. The zero-order valence-corrected chi connectivity index (χ0v) is 10.0. The normalized spacial score (nSPS) is 21.1. The largest absolute Gasteiger partial charge is 0.272 e. The monoisotopic (exact) mass is 269 g/mol. The number of benzene rings is 1. The Morgan fingerprint density at radius 1 is 1.60 bits per heavy atom. The minimum Gasteiger partial charge on any atom is -0.272 e. The molecule has 1 heterocycles. The first-order valence-electron chi connectivity index (χ1n) is 4.96. The zero-order valence-electron chi connectivity index (χ0n) is 8.44. The smallest absolute Gasteiger partial charge is 0.253 e. The quantitative estimate of drug-likeness (QED) is 0.827. The second-order valence-corrected chi connectivity index (χ2v) is 4.42. The summed E-state index contributed by atoms with van der Waals surface area (Å²) in [5.74, 6) is 0.0277. The molecule has 1 fully saturated rings. The SMILES string of the molecule is CCC1CC(=O)N(c2cccc(Br)c2)O1. The summed E-state index contributed by atoms with van der Waals surface area (Å²) in [6.07, 6.45) is 1.36. The van der Waals surface area contributed by atoms with Crippen LogP contribution in [0.2, 0.25) is 0 Å². The molecule has 0 spiro atoms. The Morgan fingerprint density at radius 2 is 2.40 bits per heavy atom. The van der Waals surface area contributed by atoms with Gasteiger partial charge in [-0.3, -0.25) is 9.63 Å². The first-order valence-corrected chi connectivity index (χ1v) is 5.75. The van der Waals surface area contributed by atoms with Gasteiger partial charge in [0.05, 0.1) is 18.2 Å². The van der Waals surface area contributed by atoms with Crippen LogP contribution in [-0.4, -0.2) is 12.0 Å². The fraction of sp³-hybridized carbons (Fsp3) is 0.364. The molecule has 2 rings (SSSR count). The highest BCUT2D eigenvalue weighted by Gasteiger charge is 2.30. The van der Waals surface area contributed by atoms with Gasteiger partial charge in [-0.15, -0.1) is 0 Å². The van der Waals surface area contributed by atoms with E-state index in [4.69, 9.17) is 4.84 Å². The Hall–Kier alpha value is -0.870. The molecule has 1 saturated heterocycles. The Balaban J connectivity index is 2.21. The predicted molar refractivity (Wildman–Crippen MR) is 61.4 cm³/mol. The third-order valence-electron chi connectivity index (χ3n) is 2.38. The lowest BCUT2D eigenvalue weighted by Gasteiger charge is -2.15. The number of carbonyl (C=O) groups is 1. The fourth-order valence-electron chi connectivity index (χ4n) is 1.55. The summed E-state index contributed by atoms with van der Waals surface area (Å²) in [4.78, 5) is 17.2. The predicted octanol–water partition coefficient (Wildman–Crippen LogP) is 2.90. The molecule has 1 aliphatic rings. The summed E-state index contributed by atoms with van der Waals surface area (Å²) in [7, 11) is 0.